The number of rotatable bonds is 4. The van der Waals surface area contributed by atoms with Crippen LogP contribution in [0, 0.1) is 0 Å². The zero-order valence-corrected chi connectivity index (χ0v) is 16.6. The summed E-state index contributed by atoms with van der Waals surface area (Å²) in [5, 5.41) is 8.21. The molecule has 0 heterocycles. The van der Waals surface area contributed by atoms with Gasteiger partial charge in [0, 0.05) is 15.5 Å². The number of hydrogen-bond acceptors (Lipinski definition) is 3. The Hall–Kier alpha value is -2.15. The molecule has 0 aliphatic heterocycles. The topological polar surface area (TPSA) is 50.4 Å². The molecular weight excluding hydrogens is 436 g/mol. The molecular formula is C19H14BrClN2O2S. The first kappa shape index (κ1) is 18.6. The van der Waals surface area contributed by atoms with Crippen LogP contribution in [0.3, 0.4) is 0 Å². The Bertz CT molecular complexity index is 975. The monoisotopic (exact) mass is 448 g/mol. The fourth-order valence-electron chi connectivity index (χ4n) is 2.36. The van der Waals surface area contributed by atoms with Gasteiger partial charge in [-0.3, -0.25) is 10.1 Å². The van der Waals surface area contributed by atoms with Crippen LogP contribution in [0.1, 0.15) is 0 Å². The van der Waals surface area contributed by atoms with Crippen LogP contribution in [0.2, 0.25) is 5.02 Å². The van der Waals surface area contributed by atoms with Gasteiger partial charge in [0.2, 0.25) is 0 Å². The van der Waals surface area contributed by atoms with Crippen LogP contribution >= 0.6 is 39.7 Å². The van der Waals surface area contributed by atoms with Crippen molar-refractivity contribution in [2.45, 2.75) is 0 Å². The third-order valence-corrected chi connectivity index (χ3v) is 4.98. The lowest BCUT2D eigenvalue weighted by molar-refractivity contribution is -0.121. The summed E-state index contributed by atoms with van der Waals surface area (Å²) in [5.74, 6) is 0.301. The second-order valence-corrected chi connectivity index (χ2v) is 7.07. The first-order valence-electron chi connectivity index (χ1n) is 7.69. The molecule has 0 saturated heterocycles. The van der Waals surface area contributed by atoms with E-state index >= 15 is 0 Å². The van der Waals surface area contributed by atoms with Gasteiger partial charge in [0.05, 0.1) is 5.02 Å². The Morgan fingerprint density at radius 1 is 1.12 bits per heavy atom. The molecule has 0 saturated carbocycles. The van der Waals surface area contributed by atoms with Crippen LogP contribution < -0.4 is 15.4 Å². The summed E-state index contributed by atoms with van der Waals surface area (Å²) >= 11 is 14.5. The molecule has 0 atom stereocenters. The number of anilines is 1. The van der Waals surface area contributed by atoms with Crippen LogP contribution in [0.5, 0.6) is 5.75 Å². The molecule has 1 amide bonds. The molecule has 0 unspecified atom stereocenters. The normalized spacial score (nSPS) is 10.4. The Balaban J connectivity index is 1.56. The number of benzene rings is 3. The van der Waals surface area contributed by atoms with Crippen molar-refractivity contribution in [2.24, 2.45) is 0 Å². The van der Waals surface area contributed by atoms with Crippen molar-refractivity contribution in [3.63, 3.8) is 0 Å². The van der Waals surface area contributed by atoms with Crippen LogP contribution in [-0.2, 0) is 4.79 Å². The van der Waals surface area contributed by atoms with E-state index in [1.807, 2.05) is 42.5 Å². The molecule has 0 aliphatic rings. The highest BCUT2D eigenvalue weighted by atomic mass is 79.9. The summed E-state index contributed by atoms with van der Waals surface area (Å²) in [6.07, 6.45) is 0. The minimum atomic E-state index is -0.348. The molecule has 26 heavy (non-hydrogen) atoms. The minimum absolute atomic E-state index is 0.142. The maximum absolute atomic E-state index is 12.1. The van der Waals surface area contributed by atoms with Crippen molar-refractivity contribution in [2.75, 3.05) is 11.9 Å². The number of carbonyl (C=O) groups is 1. The van der Waals surface area contributed by atoms with Crippen molar-refractivity contribution >= 4 is 67.2 Å². The van der Waals surface area contributed by atoms with E-state index in [1.54, 1.807) is 18.2 Å². The lowest BCUT2D eigenvalue weighted by Crippen LogP contribution is -2.37. The molecule has 3 aromatic rings. The molecule has 3 rings (SSSR count). The molecule has 0 radical (unpaired) electrons. The van der Waals surface area contributed by atoms with Gasteiger partial charge >= 0.3 is 0 Å². The van der Waals surface area contributed by atoms with E-state index in [2.05, 4.69) is 26.6 Å². The second kappa shape index (κ2) is 8.49. The van der Waals surface area contributed by atoms with Gasteiger partial charge in [-0.2, -0.15) is 0 Å². The Kier molecular flexibility index (Phi) is 6.08. The first-order valence-corrected chi connectivity index (χ1v) is 9.27. The summed E-state index contributed by atoms with van der Waals surface area (Å²) in [4.78, 5) is 12.1. The average molecular weight is 450 g/mol. The van der Waals surface area contributed by atoms with Crippen LogP contribution in [-0.4, -0.2) is 17.6 Å². The van der Waals surface area contributed by atoms with E-state index in [1.165, 1.54) is 0 Å². The molecule has 0 bridgehead atoms. The molecule has 0 aromatic heterocycles. The number of fused-ring (bicyclic) bond motifs is 1. The number of amides is 1. The fraction of sp³-hybridized carbons (Fsp3) is 0.0526. The summed E-state index contributed by atoms with van der Waals surface area (Å²) in [6.45, 7) is -0.142. The first-order chi connectivity index (χ1) is 12.5. The predicted molar refractivity (Wildman–Crippen MR) is 113 cm³/mol. The van der Waals surface area contributed by atoms with Crippen molar-refractivity contribution in [3.05, 3.63) is 70.2 Å². The standard InChI is InChI=1S/C19H14BrClN2O2S/c20-15-9-8-13(10-16(15)21)22-19(26)23-18(24)11-25-17-7-3-5-12-4-1-2-6-14(12)17/h1-10H,11H2,(H2,22,23,24,26). The number of carbonyl (C=O) groups excluding carboxylic acids is 1. The molecule has 132 valence electrons. The zero-order valence-electron chi connectivity index (χ0n) is 13.5. The minimum Gasteiger partial charge on any atom is -0.483 e. The van der Waals surface area contributed by atoms with Gasteiger partial charge in [-0.25, -0.2) is 0 Å². The van der Waals surface area contributed by atoms with Crippen molar-refractivity contribution < 1.29 is 9.53 Å². The number of halogens is 2. The van der Waals surface area contributed by atoms with Gasteiger partial charge in [0.25, 0.3) is 5.91 Å². The number of nitrogens with one attached hydrogen (secondary N) is 2. The van der Waals surface area contributed by atoms with E-state index in [4.69, 9.17) is 28.6 Å². The second-order valence-electron chi connectivity index (χ2n) is 5.40. The maximum Gasteiger partial charge on any atom is 0.264 e. The highest BCUT2D eigenvalue weighted by Crippen LogP contribution is 2.26. The lowest BCUT2D eigenvalue weighted by atomic mass is 10.1. The maximum atomic E-state index is 12.1. The van der Waals surface area contributed by atoms with Crippen LogP contribution in [0.15, 0.2) is 65.1 Å². The number of ether oxygens (including phenoxy) is 1. The average Bonchev–Trinajstić information content (AvgIpc) is 2.63. The molecule has 4 nitrogen and oxygen atoms in total. The van der Waals surface area contributed by atoms with Crippen molar-refractivity contribution in [1.82, 2.24) is 5.32 Å². The molecule has 3 aromatic carbocycles. The van der Waals surface area contributed by atoms with E-state index in [0.29, 0.717) is 16.5 Å². The van der Waals surface area contributed by atoms with E-state index in [-0.39, 0.29) is 17.6 Å². The van der Waals surface area contributed by atoms with Gasteiger partial charge in [0.15, 0.2) is 11.7 Å². The smallest absolute Gasteiger partial charge is 0.264 e. The third kappa shape index (κ3) is 4.72. The van der Waals surface area contributed by atoms with Crippen molar-refractivity contribution in [3.8, 4) is 5.75 Å². The summed E-state index contributed by atoms with van der Waals surface area (Å²) in [7, 11) is 0. The Morgan fingerprint density at radius 3 is 2.69 bits per heavy atom. The highest BCUT2D eigenvalue weighted by molar-refractivity contribution is 9.10. The highest BCUT2D eigenvalue weighted by Gasteiger charge is 2.08. The van der Waals surface area contributed by atoms with Crippen molar-refractivity contribution in [1.29, 1.82) is 0 Å². The molecule has 0 aliphatic carbocycles. The summed E-state index contributed by atoms with van der Waals surface area (Å²) < 4.78 is 6.42. The van der Waals surface area contributed by atoms with Crippen LogP contribution in [0.4, 0.5) is 5.69 Å². The molecule has 7 heteroatoms. The molecule has 0 fully saturated rings. The quantitative estimate of drug-likeness (QED) is 0.541. The Labute approximate surface area is 169 Å². The van der Waals surface area contributed by atoms with Crippen LogP contribution in [0.25, 0.3) is 10.8 Å². The zero-order chi connectivity index (χ0) is 18.5. The predicted octanol–water partition coefficient (Wildman–Crippen LogP) is 5.15. The molecule has 2 N–H and O–H groups in total. The van der Waals surface area contributed by atoms with E-state index in [0.717, 1.165) is 15.2 Å². The Morgan fingerprint density at radius 2 is 1.88 bits per heavy atom. The van der Waals surface area contributed by atoms with Gasteiger partial charge in [-0.05, 0) is 57.8 Å². The van der Waals surface area contributed by atoms with Gasteiger partial charge < -0.3 is 10.1 Å². The summed E-state index contributed by atoms with van der Waals surface area (Å²) in [5.41, 5.74) is 0.679. The van der Waals surface area contributed by atoms with Gasteiger partial charge in [0.1, 0.15) is 5.75 Å². The third-order valence-electron chi connectivity index (χ3n) is 3.54. The van der Waals surface area contributed by atoms with E-state index in [9.17, 15) is 4.79 Å². The fourth-order valence-corrected chi connectivity index (χ4v) is 3.02. The summed E-state index contributed by atoms with van der Waals surface area (Å²) in [6, 6.07) is 18.8. The van der Waals surface area contributed by atoms with Gasteiger partial charge in [-0.15, -0.1) is 0 Å². The largest absolute Gasteiger partial charge is 0.483 e. The van der Waals surface area contributed by atoms with Gasteiger partial charge in [-0.1, -0.05) is 48.0 Å². The number of hydrogen-bond donors (Lipinski definition) is 2. The lowest BCUT2D eigenvalue weighted by Gasteiger charge is -2.12. The number of thiocarbonyl (C=S) groups is 1. The molecule has 0 spiro atoms. The van der Waals surface area contributed by atoms with E-state index < -0.39 is 0 Å². The SMILES string of the molecule is O=C(COc1cccc2ccccc12)NC(=S)Nc1ccc(Br)c(Cl)c1.